The Balaban J connectivity index is 1.64. The quantitative estimate of drug-likeness (QED) is 0.821. The summed E-state index contributed by atoms with van der Waals surface area (Å²) in [5.41, 5.74) is 0.689. The second-order valence-electron chi connectivity index (χ2n) is 7.50. The number of amides is 1. The minimum Gasteiger partial charge on any atom is -0.345 e. The van der Waals surface area contributed by atoms with Gasteiger partial charge >= 0.3 is 0 Å². The maximum Gasteiger partial charge on any atom is 0.224 e. The predicted molar refractivity (Wildman–Crippen MR) is 100 cm³/mol. The molecule has 1 aliphatic carbocycles. The van der Waals surface area contributed by atoms with Crippen molar-refractivity contribution in [1.82, 2.24) is 10.6 Å². The van der Waals surface area contributed by atoms with Gasteiger partial charge < -0.3 is 10.6 Å². The van der Waals surface area contributed by atoms with Crippen LogP contribution in [0.4, 0.5) is 8.78 Å². The highest BCUT2D eigenvalue weighted by Gasteiger charge is 2.57. The number of rotatable bonds is 4. The first-order chi connectivity index (χ1) is 13.0. The second kappa shape index (κ2) is 7.21. The summed E-state index contributed by atoms with van der Waals surface area (Å²) in [6.45, 7) is 1.83. The van der Waals surface area contributed by atoms with Gasteiger partial charge in [-0.2, -0.15) is 0 Å². The van der Waals surface area contributed by atoms with Crippen LogP contribution in [0, 0.1) is 23.0 Å². The molecule has 4 rings (SSSR count). The number of halogens is 3. The summed E-state index contributed by atoms with van der Waals surface area (Å²) in [5, 5.41) is 6.66. The van der Waals surface area contributed by atoms with Crippen LogP contribution in [0.5, 0.6) is 0 Å². The molecule has 6 heteroatoms. The third-order valence-corrected chi connectivity index (χ3v) is 6.22. The van der Waals surface area contributed by atoms with Crippen LogP contribution in [-0.4, -0.2) is 19.0 Å². The van der Waals surface area contributed by atoms with Gasteiger partial charge in [-0.05, 0) is 67.6 Å². The van der Waals surface area contributed by atoms with E-state index in [1.54, 1.807) is 24.3 Å². The highest BCUT2D eigenvalue weighted by Crippen LogP contribution is 2.58. The number of carbonyl (C=O) groups excluding carboxylic acids is 1. The summed E-state index contributed by atoms with van der Waals surface area (Å²) in [5.74, 6) is -1.33. The molecule has 1 heterocycles. The van der Waals surface area contributed by atoms with Gasteiger partial charge in [0.25, 0.3) is 0 Å². The maximum absolute atomic E-state index is 14.5. The fraction of sp³-hybridized carbons (Fsp3) is 0.381. The molecule has 1 aliphatic heterocycles. The van der Waals surface area contributed by atoms with Gasteiger partial charge in [0.2, 0.25) is 5.91 Å². The maximum atomic E-state index is 14.5. The molecule has 2 fully saturated rings. The van der Waals surface area contributed by atoms with Crippen molar-refractivity contribution < 1.29 is 13.6 Å². The van der Waals surface area contributed by atoms with Crippen LogP contribution in [0.1, 0.15) is 36.4 Å². The van der Waals surface area contributed by atoms with E-state index in [2.05, 4.69) is 10.6 Å². The molecular formula is C21H21ClF2N2O. The zero-order valence-corrected chi connectivity index (χ0v) is 15.5. The fourth-order valence-corrected chi connectivity index (χ4v) is 4.45. The van der Waals surface area contributed by atoms with E-state index >= 15 is 0 Å². The molecule has 2 N–H and O–H groups in total. The number of piperidine rings is 1. The molecular weight excluding hydrogens is 370 g/mol. The number of nitrogens with one attached hydrogen (secondary N) is 2. The average molecular weight is 391 g/mol. The van der Waals surface area contributed by atoms with Crippen LogP contribution in [0.2, 0.25) is 5.02 Å². The van der Waals surface area contributed by atoms with Gasteiger partial charge in [0.1, 0.15) is 11.6 Å². The lowest BCUT2D eigenvalue weighted by Crippen LogP contribution is -2.36. The van der Waals surface area contributed by atoms with E-state index in [1.165, 1.54) is 0 Å². The highest BCUT2D eigenvalue weighted by atomic mass is 35.5. The summed E-state index contributed by atoms with van der Waals surface area (Å²) in [6.07, 6.45) is 2.79. The van der Waals surface area contributed by atoms with Crippen molar-refractivity contribution in [2.45, 2.75) is 25.3 Å². The van der Waals surface area contributed by atoms with E-state index in [1.807, 2.05) is 0 Å². The van der Waals surface area contributed by atoms with Crippen molar-refractivity contribution in [1.29, 1.82) is 0 Å². The molecule has 3 nitrogen and oxygen atoms in total. The topological polar surface area (TPSA) is 41.1 Å². The van der Waals surface area contributed by atoms with Gasteiger partial charge in [-0.1, -0.05) is 29.8 Å². The van der Waals surface area contributed by atoms with Crippen molar-refractivity contribution in [3.8, 4) is 0 Å². The minimum absolute atomic E-state index is 0.0564. The predicted octanol–water partition coefficient (Wildman–Crippen LogP) is 4.21. The van der Waals surface area contributed by atoms with Crippen LogP contribution in [-0.2, 0) is 4.79 Å². The van der Waals surface area contributed by atoms with E-state index in [0.29, 0.717) is 10.6 Å². The Hall–Kier alpha value is -1.98. The second-order valence-corrected chi connectivity index (χ2v) is 7.91. The Morgan fingerprint density at radius 1 is 1.15 bits per heavy atom. The summed E-state index contributed by atoms with van der Waals surface area (Å²) >= 11 is 6.31. The molecule has 1 spiro atoms. The smallest absolute Gasteiger partial charge is 0.224 e. The lowest BCUT2D eigenvalue weighted by atomic mass is 9.91. The monoisotopic (exact) mass is 390 g/mol. The van der Waals surface area contributed by atoms with E-state index in [-0.39, 0.29) is 22.8 Å². The lowest BCUT2D eigenvalue weighted by molar-refractivity contribution is -0.123. The van der Waals surface area contributed by atoms with Crippen molar-refractivity contribution >= 4 is 17.5 Å². The normalized spacial score (nSPS) is 21.7. The standard InChI is InChI=1S/C21H21ClF2N2O/c22-17-4-2-1-3-14(17)19(15-11-13(23)5-6-18(15)24)26-20(27)16-12-21(16)7-9-25-10-8-21/h1-6,11,16,19,25H,7-10,12H2,(H,26,27). The molecule has 2 atom stereocenters. The van der Waals surface area contributed by atoms with Gasteiger partial charge in [0.15, 0.2) is 0 Å². The van der Waals surface area contributed by atoms with E-state index in [4.69, 9.17) is 11.6 Å². The molecule has 142 valence electrons. The third-order valence-electron chi connectivity index (χ3n) is 5.88. The van der Waals surface area contributed by atoms with E-state index < -0.39 is 17.7 Å². The molecule has 1 amide bonds. The highest BCUT2D eigenvalue weighted by molar-refractivity contribution is 6.31. The van der Waals surface area contributed by atoms with Crippen LogP contribution in [0.25, 0.3) is 0 Å². The van der Waals surface area contributed by atoms with Crippen LogP contribution in [0.15, 0.2) is 42.5 Å². The van der Waals surface area contributed by atoms with E-state index in [0.717, 1.165) is 50.6 Å². The van der Waals surface area contributed by atoms with Gasteiger partial charge in [-0.25, -0.2) is 8.78 Å². The number of hydrogen-bond acceptors (Lipinski definition) is 2. The van der Waals surface area contributed by atoms with Crippen LogP contribution >= 0.6 is 11.6 Å². The van der Waals surface area contributed by atoms with Gasteiger partial charge in [-0.3, -0.25) is 4.79 Å². The summed E-state index contributed by atoms with van der Waals surface area (Å²) < 4.78 is 28.3. The van der Waals surface area contributed by atoms with Crippen LogP contribution < -0.4 is 10.6 Å². The first-order valence-corrected chi connectivity index (χ1v) is 9.58. The Bertz CT molecular complexity index is 867. The van der Waals surface area contributed by atoms with Crippen LogP contribution in [0.3, 0.4) is 0 Å². The van der Waals surface area contributed by atoms with E-state index in [9.17, 15) is 13.6 Å². The number of benzene rings is 2. The molecule has 2 aromatic rings. The Labute approximate surface area is 162 Å². The average Bonchev–Trinajstić information content (AvgIpc) is 3.36. The molecule has 2 aromatic carbocycles. The fourth-order valence-electron chi connectivity index (χ4n) is 4.21. The SMILES string of the molecule is O=C(NC(c1cc(F)ccc1F)c1ccccc1Cl)C1CC12CCNCC2. The zero-order valence-electron chi connectivity index (χ0n) is 14.8. The summed E-state index contributed by atoms with van der Waals surface area (Å²) in [7, 11) is 0. The third kappa shape index (κ3) is 3.58. The molecule has 2 aliphatic rings. The Morgan fingerprint density at radius 3 is 2.63 bits per heavy atom. The first kappa shape index (κ1) is 18.4. The first-order valence-electron chi connectivity index (χ1n) is 9.21. The number of hydrogen-bond donors (Lipinski definition) is 2. The minimum atomic E-state index is -0.832. The van der Waals surface area contributed by atoms with Crippen molar-refractivity contribution in [3.63, 3.8) is 0 Å². The molecule has 1 saturated carbocycles. The summed E-state index contributed by atoms with van der Waals surface area (Å²) in [4.78, 5) is 13.0. The molecule has 1 saturated heterocycles. The molecule has 2 unspecified atom stereocenters. The molecule has 0 radical (unpaired) electrons. The molecule has 0 aromatic heterocycles. The number of carbonyl (C=O) groups is 1. The van der Waals surface area contributed by atoms with Gasteiger partial charge in [-0.15, -0.1) is 0 Å². The molecule has 0 bridgehead atoms. The van der Waals surface area contributed by atoms with Crippen molar-refractivity contribution in [2.75, 3.05) is 13.1 Å². The van der Waals surface area contributed by atoms with Crippen molar-refractivity contribution in [2.24, 2.45) is 11.3 Å². The zero-order chi connectivity index (χ0) is 19.0. The largest absolute Gasteiger partial charge is 0.345 e. The van der Waals surface area contributed by atoms with Gasteiger partial charge in [0, 0.05) is 16.5 Å². The van der Waals surface area contributed by atoms with Gasteiger partial charge in [0.05, 0.1) is 6.04 Å². The lowest BCUT2D eigenvalue weighted by Gasteiger charge is -2.25. The summed E-state index contributed by atoms with van der Waals surface area (Å²) in [6, 6.07) is 9.36. The molecule has 27 heavy (non-hydrogen) atoms. The van der Waals surface area contributed by atoms with Crippen molar-refractivity contribution in [3.05, 3.63) is 70.2 Å². The Morgan fingerprint density at radius 2 is 1.89 bits per heavy atom. The Kier molecular flexibility index (Phi) is 4.91.